The maximum Gasteiger partial charge on any atom is 0.262 e. The number of fused-ring (bicyclic) bond motifs is 1. The molecule has 0 aromatic heterocycles. The molecule has 2 aliphatic heterocycles. The molecule has 0 bridgehead atoms. The maximum atomic E-state index is 12.7. The Kier molecular flexibility index (Phi) is 6.57. The van der Waals surface area contributed by atoms with E-state index in [9.17, 15) is 22.8 Å². The summed E-state index contributed by atoms with van der Waals surface area (Å²) in [5.74, 6) is -0.915. The van der Waals surface area contributed by atoms with Gasteiger partial charge in [-0.2, -0.15) is 0 Å². The number of nitrogens with zero attached hydrogens (tertiary/aromatic N) is 2. The number of hydrogen-bond donors (Lipinski definition) is 1. The Morgan fingerprint density at radius 1 is 1.10 bits per heavy atom. The second-order valence-electron chi connectivity index (χ2n) is 9.19. The van der Waals surface area contributed by atoms with Gasteiger partial charge in [-0.1, -0.05) is 13.3 Å². The summed E-state index contributed by atoms with van der Waals surface area (Å²) in [7, 11) is -3.24. The van der Waals surface area contributed by atoms with Gasteiger partial charge in [0.25, 0.3) is 17.7 Å². The third kappa shape index (κ3) is 4.82. The van der Waals surface area contributed by atoms with Crippen molar-refractivity contribution in [3.05, 3.63) is 34.9 Å². The average molecular weight is 450 g/mol. The summed E-state index contributed by atoms with van der Waals surface area (Å²) >= 11 is 0. The lowest BCUT2D eigenvalue weighted by Gasteiger charge is -2.31. The summed E-state index contributed by atoms with van der Waals surface area (Å²) in [4.78, 5) is 39.3. The van der Waals surface area contributed by atoms with Crippen LogP contribution in [0.5, 0.6) is 0 Å². The fourth-order valence-corrected chi connectivity index (χ4v) is 5.67. The molecule has 0 unspecified atom stereocenters. The first-order valence-corrected chi connectivity index (χ1v) is 12.4. The highest BCUT2D eigenvalue weighted by Gasteiger charge is 2.42. The number of nitrogens with one attached hydrogen (secondary N) is 1. The van der Waals surface area contributed by atoms with E-state index in [0.29, 0.717) is 43.5 Å². The van der Waals surface area contributed by atoms with Crippen molar-refractivity contribution in [1.82, 2.24) is 14.5 Å². The highest BCUT2D eigenvalue weighted by molar-refractivity contribution is 7.89. The van der Waals surface area contributed by atoms with E-state index in [4.69, 9.17) is 0 Å². The molecule has 3 rings (SSSR count). The number of amides is 3. The van der Waals surface area contributed by atoms with Crippen LogP contribution in [0.1, 0.15) is 84.5 Å². The van der Waals surface area contributed by atoms with Crippen LogP contribution in [0, 0.1) is 0 Å². The molecule has 0 aliphatic carbocycles. The number of sulfonamides is 1. The minimum Gasteiger partial charge on any atom is -0.349 e. The van der Waals surface area contributed by atoms with Crippen molar-refractivity contribution in [3.63, 3.8) is 0 Å². The molecule has 170 valence electrons. The standard InChI is InChI=1S/C22H31N3O5S/c1-5-6-13-31(29,30)24-11-9-16(10-12-24)23-19(26)15-7-8-17-18(14-15)21(28)25(20(17)27)22(2,3)4/h7-8,14,16H,5-6,9-13H2,1-4H3,(H,23,26). The predicted molar refractivity (Wildman–Crippen MR) is 117 cm³/mol. The first kappa shape index (κ1) is 23.4. The number of unbranched alkanes of at least 4 members (excludes halogenated alkanes) is 1. The van der Waals surface area contributed by atoms with Crippen LogP contribution in [0.2, 0.25) is 0 Å². The second-order valence-corrected chi connectivity index (χ2v) is 11.3. The van der Waals surface area contributed by atoms with E-state index < -0.39 is 21.5 Å². The quantitative estimate of drug-likeness (QED) is 0.672. The first-order chi connectivity index (χ1) is 14.5. The number of rotatable bonds is 6. The van der Waals surface area contributed by atoms with Crippen molar-refractivity contribution < 1.29 is 22.8 Å². The smallest absolute Gasteiger partial charge is 0.262 e. The maximum absolute atomic E-state index is 12.7. The molecule has 1 fully saturated rings. The lowest BCUT2D eigenvalue weighted by Crippen LogP contribution is -2.47. The number of benzene rings is 1. The minimum absolute atomic E-state index is 0.137. The third-order valence-corrected chi connectivity index (χ3v) is 7.71. The molecule has 3 amide bonds. The molecule has 0 spiro atoms. The molecule has 31 heavy (non-hydrogen) atoms. The highest BCUT2D eigenvalue weighted by atomic mass is 32.2. The monoisotopic (exact) mass is 449 g/mol. The fraction of sp³-hybridized carbons (Fsp3) is 0.591. The summed E-state index contributed by atoms with van der Waals surface area (Å²) < 4.78 is 26.2. The molecular formula is C22H31N3O5S. The van der Waals surface area contributed by atoms with Gasteiger partial charge in [-0.15, -0.1) is 0 Å². The molecule has 0 atom stereocenters. The van der Waals surface area contributed by atoms with Gasteiger partial charge in [-0.3, -0.25) is 19.3 Å². The van der Waals surface area contributed by atoms with E-state index in [1.54, 1.807) is 26.8 Å². The summed E-state index contributed by atoms with van der Waals surface area (Å²) in [5.41, 5.74) is 0.209. The predicted octanol–water partition coefficient (Wildman–Crippen LogP) is 2.41. The lowest BCUT2D eigenvalue weighted by atomic mass is 10.0. The zero-order valence-electron chi connectivity index (χ0n) is 18.6. The molecule has 0 saturated carbocycles. The number of imide groups is 1. The molecule has 0 radical (unpaired) electrons. The van der Waals surface area contributed by atoms with E-state index in [1.165, 1.54) is 21.3 Å². The SMILES string of the molecule is CCCCS(=O)(=O)N1CCC(NC(=O)c2ccc3c(c2)C(=O)N(C(C)(C)C)C3=O)CC1. The zero-order valence-corrected chi connectivity index (χ0v) is 19.4. The topological polar surface area (TPSA) is 104 Å². The first-order valence-electron chi connectivity index (χ1n) is 10.8. The lowest BCUT2D eigenvalue weighted by molar-refractivity contribution is 0.0507. The molecule has 8 nitrogen and oxygen atoms in total. The number of carbonyl (C=O) groups is 3. The van der Waals surface area contributed by atoms with Gasteiger partial charge in [0.2, 0.25) is 10.0 Å². The van der Waals surface area contributed by atoms with E-state index in [2.05, 4.69) is 5.32 Å². The molecule has 9 heteroatoms. The van der Waals surface area contributed by atoms with Crippen molar-refractivity contribution in [2.24, 2.45) is 0 Å². The van der Waals surface area contributed by atoms with Crippen LogP contribution in [0.4, 0.5) is 0 Å². The Hall–Kier alpha value is -2.26. The van der Waals surface area contributed by atoms with Gasteiger partial charge >= 0.3 is 0 Å². The summed E-state index contributed by atoms with van der Waals surface area (Å²) in [5, 5.41) is 2.94. The van der Waals surface area contributed by atoms with Crippen LogP contribution < -0.4 is 5.32 Å². The van der Waals surface area contributed by atoms with Crippen molar-refractivity contribution in [1.29, 1.82) is 0 Å². The van der Waals surface area contributed by atoms with Gasteiger partial charge in [0.1, 0.15) is 0 Å². The Morgan fingerprint density at radius 2 is 1.71 bits per heavy atom. The molecule has 1 saturated heterocycles. The Balaban J connectivity index is 1.64. The van der Waals surface area contributed by atoms with Crippen LogP contribution in [0.15, 0.2) is 18.2 Å². The van der Waals surface area contributed by atoms with Crippen molar-refractivity contribution in [2.45, 2.75) is 65.0 Å². The molecule has 2 heterocycles. The van der Waals surface area contributed by atoms with Crippen LogP contribution in [-0.4, -0.2) is 65.8 Å². The summed E-state index contributed by atoms with van der Waals surface area (Å²) in [6, 6.07) is 4.41. The fourth-order valence-electron chi connectivity index (χ4n) is 3.99. The Morgan fingerprint density at radius 3 is 2.29 bits per heavy atom. The van der Waals surface area contributed by atoms with E-state index in [1.807, 2.05) is 6.92 Å². The van der Waals surface area contributed by atoms with Gasteiger partial charge in [0.15, 0.2) is 0 Å². The van der Waals surface area contributed by atoms with Crippen molar-refractivity contribution >= 4 is 27.7 Å². The van der Waals surface area contributed by atoms with Gasteiger partial charge in [-0.05, 0) is 58.2 Å². The van der Waals surface area contributed by atoms with Crippen LogP contribution >= 0.6 is 0 Å². The highest BCUT2D eigenvalue weighted by Crippen LogP contribution is 2.30. The van der Waals surface area contributed by atoms with Crippen LogP contribution in [0.25, 0.3) is 0 Å². The van der Waals surface area contributed by atoms with Crippen molar-refractivity contribution in [3.8, 4) is 0 Å². The number of piperidine rings is 1. The molecular weight excluding hydrogens is 418 g/mol. The average Bonchev–Trinajstić information content (AvgIpc) is 2.96. The largest absolute Gasteiger partial charge is 0.349 e. The molecule has 1 N–H and O–H groups in total. The van der Waals surface area contributed by atoms with Gasteiger partial charge in [-0.25, -0.2) is 12.7 Å². The van der Waals surface area contributed by atoms with Gasteiger partial charge in [0, 0.05) is 30.2 Å². The molecule has 1 aromatic rings. The Labute approximate surface area is 184 Å². The molecule has 2 aliphatic rings. The van der Waals surface area contributed by atoms with Crippen LogP contribution in [0.3, 0.4) is 0 Å². The minimum atomic E-state index is -3.24. The summed E-state index contributed by atoms with van der Waals surface area (Å²) in [6.07, 6.45) is 2.55. The second kappa shape index (κ2) is 8.70. The third-order valence-electron chi connectivity index (χ3n) is 5.76. The van der Waals surface area contributed by atoms with E-state index >= 15 is 0 Å². The normalized spacial score (nSPS) is 18.4. The summed E-state index contributed by atoms with van der Waals surface area (Å²) in [6.45, 7) is 8.09. The van der Waals surface area contributed by atoms with Gasteiger partial charge < -0.3 is 5.32 Å². The number of carbonyl (C=O) groups excluding carboxylic acids is 3. The van der Waals surface area contributed by atoms with Crippen LogP contribution in [-0.2, 0) is 10.0 Å². The zero-order chi connectivity index (χ0) is 23.0. The van der Waals surface area contributed by atoms with Gasteiger partial charge in [0.05, 0.1) is 16.9 Å². The number of hydrogen-bond acceptors (Lipinski definition) is 5. The van der Waals surface area contributed by atoms with Crippen molar-refractivity contribution in [2.75, 3.05) is 18.8 Å². The molecule has 1 aromatic carbocycles. The van der Waals surface area contributed by atoms with E-state index in [0.717, 1.165) is 6.42 Å². The van der Waals surface area contributed by atoms with E-state index in [-0.39, 0.29) is 29.2 Å². The Bertz CT molecular complexity index is 989.